The Hall–Kier alpha value is 0.771. The largest absolute Gasteiger partial charge is 2.00 e. The van der Waals surface area contributed by atoms with Gasteiger partial charge in [-0.2, -0.15) is 0 Å². The van der Waals surface area contributed by atoms with Crippen molar-refractivity contribution in [2.24, 2.45) is 0 Å². The van der Waals surface area contributed by atoms with Crippen LogP contribution in [-0.2, 0) is 24.6 Å². The van der Waals surface area contributed by atoms with Crippen LogP contribution in [0.1, 0.15) is 92.0 Å². The molecule has 1 unspecified atom stereocenters. The van der Waals surface area contributed by atoms with Gasteiger partial charge < -0.3 is 12.3 Å². The molecule has 0 saturated carbocycles. The summed E-state index contributed by atoms with van der Waals surface area (Å²) in [5, 5.41) is 0. The molecule has 2 aromatic carbocycles. The standard InChI is InChI=1S/C26H39O2PS2.Ba.2H/c1-3-5-7-9-11-13-23-15-19-25(20-16-23)28-29(27,30)31-26-21-17-24(18-22-26)14-12-10-8-6-4-2;;;/h15-22H,3-14H2,1-2H3,(H,27,30);;;/q;+2;2*-1. The van der Waals surface area contributed by atoms with E-state index in [0.717, 1.165) is 17.7 Å². The fourth-order valence-corrected chi connectivity index (χ4v) is 7.10. The van der Waals surface area contributed by atoms with Crippen LogP contribution in [0.3, 0.4) is 0 Å². The third kappa shape index (κ3) is 13.6. The molecule has 1 N–H and O–H groups in total. The minimum atomic E-state index is -2.98. The van der Waals surface area contributed by atoms with E-state index in [-0.39, 0.29) is 51.7 Å². The van der Waals surface area contributed by atoms with Gasteiger partial charge in [0.2, 0.25) is 0 Å². The quantitative estimate of drug-likeness (QED) is 0.116. The monoisotopic (exact) mass is 618 g/mol. The maximum atomic E-state index is 10.7. The molecule has 0 radical (unpaired) electrons. The number of unbranched alkanes of at least 4 members (excludes halogenated alkanes) is 8. The van der Waals surface area contributed by atoms with Crippen molar-refractivity contribution in [3.8, 4) is 5.75 Å². The van der Waals surface area contributed by atoms with Gasteiger partial charge in [0.1, 0.15) is 5.75 Å². The summed E-state index contributed by atoms with van der Waals surface area (Å²) in [4.78, 5) is 11.6. The van der Waals surface area contributed by atoms with Crippen molar-refractivity contribution in [2.75, 3.05) is 0 Å². The van der Waals surface area contributed by atoms with E-state index in [0.29, 0.717) is 5.75 Å². The van der Waals surface area contributed by atoms with E-state index in [4.69, 9.17) is 16.3 Å². The van der Waals surface area contributed by atoms with E-state index in [1.54, 1.807) is 0 Å². The van der Waals surface area contributed by atoms with Gasteiger partial charge in [0.05, 0.1) is 0 Å². The Morgan fingerprint density at radius 1 is 0.750 bits per heavy atom. The summed E-state index contributed by atoms with van der Waals surface area (Å²) in [7, 11) is 0. The smallest absolute Gasteiger partial charge is 1.00 e. The van der Waals surface area contributed by atoms with Gasteiger partial charge in [-0.1, -0.05) is 89.5 Å². The SMILES string of the molecule is CCCCCCCc1ccc(OP(O)(=S)Sc2ccc(CCCCCCC)cc2)cc1.[Ba+2].[H-].[H-]. The van der Waals surface area contributed by atoms with Gasteiger partial charge in [0, 0.05) is 4.90 Å². The van der Waals surface area contributed by atoms with Gasteiger partial charge in [0.25, 0.3) is 5.69 Å². The molecule has 0 fully saturated rings. The second-order valence-electron chi connectivity index (χ2n) is 8.27. The third-order valence-corrected chi connectivity index (χ3v) is 9.02. The molecule has 1 atom stereocenters. The molecule has 32 heavy (non-hydrogen) atoms. The summed E-state index contributed by atoms with van der Waals surface area (Å²) in [5.74, 6) is 0.650. The van der Waals surface area contributed by atoms with Crippen molar-refractivity contribution >= 4 is 77.8 Å². The molecule has 2 nitrogen and oxygen atoms in total. The molecule has 0 heterocycles. The van der Waals surface area contributed by atoms with Crippen molar-refractivity contribution in [2.45, 2.75) is 95.8 Å². The van der Waals surface area contributed by atoms with Crippen LogP contribution >= 0.6 is 17.1 Å². The zero-order chi connectivity index (χ0) is 22.4. The number of benzene rings is 2. The van der Waals surface area contributed by atoms with Crippen molar-refractivity contribution in [3.05, 3.63) is 59.7 Å². The van der Waals surface area contributed by atoms with Gasteiger partial charge in [0.15, 0.2) is 0 Å². The van der Waals surface area contributed by atoms with E-state index in [2.05, 4.69) is 38.1 Å². The summed E-state index contributed by atoms with van der Waals surface area (Å²) >= 11 is 6.67. The predicted octanol–water partition coefficient (Wildman–Crippen LogP) is 8.94. The van der Waals surface area contributed by atoms with Crippen LogP contribution in [-0.4, -0.2) is 53.8 Å². The first-order chi connectivity index (χ1) is 15.0. The summed E-state index contributed by atoms with van der Waals surface area (Å²) in [5.41, 5.74) is -0.326. The molecule has 0 aromatic heterocycles. The Labute approximate surface area is 248 Å². The van der Waals surface area contributed by atoms with E-state index in [1.165, 1.54) is 86.7 Å². The first-order valence-corrected chi connectivity index (χ1v) is 16.0. The van der Waals surface area contributed by atoms with Crippen LogP contribution in [0.5, 0.6) is 5.75 Å². The van der Waals surface area contributed by atoms with Crippen LogP contribution in [0.25, 0.3) is 0 Å². The zero-order valence-corrected chi connectivity index (χ0v) is 26.9. The third-order valence-electron chi connectivity index (χ3n) is 5.43. The molecule has 0 bridgehead atoms. The molecule has 0 spiro atoms. The molecule has 2 rings (SSSR count). The Morgan fingerprint density at radius 2 is 1.19 bits per heavy atom. The second-order valence-corrected chi connectivity index (χ2v) is 14.3. The Balaban J connectivity index is 0. The Kier molecular flexibility index (Phi) is 17.4. The first-order valence-electron chi connectivity index (χ1n) is 11.9. The van der Waals surface area contributed by atoms with Crippen LogP contribution in [0.4, 0.5) is 0 Å². The molecule has 0 aliphatic rings. The van der Waals surface area contributed by atoms with Gasteiger partial charge in [-0.15, -0.1) is 0 Å². The van der Waals surface area contributed by atoms with Crippen molar-refractivity contribution in [1.82, 2.24) is 0 Å². The topological polar surface area (TPSA) is 29.5 Å². The molecular weight excluding hydrogens is 577 g/mol. The average Bonchev–Trinajstić information content (AvgIpc) is 2.75. The van der Waals surface area contributed by atoms with Crippen LogP contribution in [0, 0.1) is 0 Å². The Bertz CT molecular complexity index is 729. The first kappa shape index (κ1) is 30.8. The maximum Gasteiger partial charge on any atom is 2.00 e. The molecule has 176 valence electrons. The number of hydrogen-bond acceptors (Lipinski definition) is 3. The number of hydrogen-bond donors (Lipinski definition) is 1. The van der Waals surface area contributed by atoms with Crippen LogP contribution in [0.2, 0.25) is 0 Å². The normalized spacial score (nSPS) is 12.7. The molecule has 2 aromatic rings. The van der Waals surface area contributed by atoms with Crippen LogP contribution in [0.15, 0.2) is 53.4 Å². The van der Waals surface area contributed by atoms with E-state index in [1.807, 2.05) is 24.3 Å². The van der Waals surface area contributed by atoms with Crippen molar-refractivity contribution in [3.63, 3.8) is 0 Å². The predicted molar refractivity (Wildman–Crippen MR) is 149 cm³/mol. The molecule has 0 aliphatic carbocycles. The molecule has 0 amide bonds. The van der Waals surface area contributed by atoms with Crippen molar-refractivity contribution < 1.29 is 12.3 Å². The second kappa shape index (κ2) is 18.1. The van der Waals surface area contributed by atoms with E-state index in [9.17, 15) is 4.89 Å². The average molecular weight is 618 g/mol. The van der Waals surface area contributed by atoms with Gasteiger partial charge in [-0.3, -0.25) is 0 Å². The fraction of sp³-hybridized carbons (Fsp3) is 0.538. The minimum absolute atomic E-state index is 0. The summed E-state index contributed by atoms with van der Waals surface area (Å²) in [6.07, 6.45) is 15.1. The van der Waals surface area contributed by atoms with Gasteiger partial charge in [-0.25, -0.2) is 0 Å². The summed E-state index contributed by atoms with van der Waals surface area (Å²) in [6.45, 7) is 4.49. The Morgan fingerprint density at radius 3 is 1.66 bits per heavy atom. The maximum absolute atomic E-state index is 10.7. The number of rotatable bonds is 16. The zero-order valence-electron chi connectivity index (χ0n) is 21.9. The van der Waals surface area contributed by atoms with Crippen molar-refractivity contribution in [1.29, 1.82) is 0 Å². The molecule has 6 heteroatoms. The van der Waals surface area contributed by atoms with Gasteiger partial charge >= 0.3 is 48.9 Å². The van der Waals surface area contributed by atoms with Gasteiger partial charge in [-0.05, 0) is 84.3 Å². The van der Waals surface area contributed by atoms with Crippen LogP contribution < -0.4 is 4.52 Å². The van der Waals surface area contributed by atoms with E-state index < -0.39 is 5.69 Å². The molecule has 0 aliphatic heterocycles. The summed E-state index contributed by atoms with van der Waals surface area (Å²) in [6, 6.07) is 16.4. The molecule has 0 saturated heterocycles. The minimum Gasteiger partial charge on any atom is -1.00 e. The summed E-state index contributed by atoms with van der Waals surface area (Å²) < 4.78 is 5.80. The van der Waals surface area contributed by atoms with E-state index >= 15 is 0 Å². The molecular formula is C26H41BaO2PS2. The number of aryl methyl sites for hydroxylation is 2. The fourth-order valence-electron chi connectivity index (χ4n) is 3.58.